The molecule has 0 heterocycles. The topological polar surface area (TPSA) is 73.9 Å². The summed E-state index contributed by atoms with van der Waals surface area (Å²) in [7, 11) is 1.19. The number of alkyl halides is 2. The summed E-state index contributed by atoms with van der Waals surface area (Å²) in [6, 6.07) is 5.79. The third-order valence-corrected chi connectivity index (χ3v) is 3.45. The molecule has 28 heavy (non-hydrogen) atoms. The third kappa shape index (κ3) is 5.35. The monoisotopic (exact) mass is 401 g/mol. The number of benzene rings is 2. The van der Waals surface area contributed by atoms with Crippen LogP contribution >= 0.6 is 0 Å². The molecule has 0 unspecified atom stereocenters. The largest absolute Gasteiger partial charge is 0.493 e. The van der Waals surface area contributed by atoms with Gasteiger partial charge in [0.15, 0.2) is 17.6 Å². The number of esters is 1. The number of nitrogens with one attached hydrogen (secondary N) is 1. The van der Waals surface area contributed by atoms with Crippen LogP contribution in [0, 0.1) is 11.6 Å². The number of carbonyl (C=O) groups is 2. The van der Waals surface area contributed by atoms with Crippen molar-refractivity contribution in [2.24, 2.45) is 0 Å². The molecule has 0 aliphatic rings. The highest BCUT2D eigenvalue weighted by molar-refractivity contribution is 5.97. The van der Waals surface area contributed by atoms with Gasteiger partial charge in [-0.25, -0.2) is 13.6 Å². The summed E-state index contributed by atoms with van der Waals surface area (Å²) in [5.74, 6) is -3.94. The lowest BCUT2D eigenvalue weighted by molar-refractivity contribution is -0.123. The summed E-state index contributed by atoms with van der Waals surface area (Å²) >= 11 is 0. The maximum absolute atomic E-state index is 13.6. The van der Waals surface area contributed by atoms with Gasteiger partial charge in [0.25, 0.3) is 5.91 Å². The highest BCUT2D eigenvalue weighted by atomic mass is 19.3. The predicted molar refractivity (Wildman–Crippen MR) is 89.5 cm³/mol. The van der Waals surface area contributed by atoms with Crippen LogP contribution in [0.2, 0.25) is 0 Å². The fraction of sp³-hybridized carbons (Fsp3) is 0.222. The van der Waals surface area contributed by atoms with Crippen LogP contribution in [0.3, 0.4) is 0 Å². The van der Waals surface area contributed by atoms with E-state index in [1.165, 1.54) is 14.0 Å². The zero-order chi connectivity index (χ0) is 20.8. The van der Waals surface area contributed by atoms with Gasteiger partial charge in [0, 0.05) is 6.07 Å². The minimum Gasteiger partial charge on any atom is -0.493 e. The average molecular weight is 401 g/mol. The molecule has 0 aromatic heterocycles. The molecule has 0 fully saturated rings. The molecule has 2 rings (SSSR count). The van der Waals surface area contributed by atoms with E-state index >= 15 is 0 Å². The Morgan fingerprint density at radius 3 is 2.39 bits per heavy atom. The molecule has 0 bridgehead atoms. The van der Waals surface area contributed by atoms with E-state index in [0.717, 1.165) is 36.4 Å². The second-order valence-corrected chi connectivity index (χ2v) is 5.41. The molecule has 6 nitrogen and oxygen atoms in total. The molecule has 1 amide bonds. The molecule has 0 aliphatic heterocycles. The SMILES string of the molecule is COc1cc(C(=O)O[C@H](C)C(=O)Nc2cc(F)ccc2F)ccc1OC(F)F. The normalized spacial score (nSPS) is 11.7. The Balaban J connectivity index is 2.07. The van der Waals surface area contributed by atoms with Crippen LogP contribution in [-0.2, 0) is 9.53 Å². The van der Waals surface area contributed by atoms with Crippen molar-refractivity contribution < 1.29 is 41.4 Å². The number of methoxy groups -OCH3 is 1. The van der Waals surface area contributed by atoms with Crippen molar-refractivity contribution in [1.29, 1.82) is 0 Å². The Morgan fingerprint density at radius 2 is 1.75 bits per heavy atom. The van der Waals surface area contributed by atoms with Gasteiger partial charge in [0.1, 0.15) is 11.6 Å². The van der Waals surface area contributed by atoms with Gasteiger partial charge in [0.05, 0.1) is 18.4 Å². The number of anilines is 1. The minimum absolute atomic E-state index is 0.102. The number of halogens is 4. The fourth-order valence-corrected chi connectivity index (χ4v) is 2.10. The standard InChI is InChI=1S/C18H15F4NO5/c1-9(16(24)23-13-8-11(19)4-5-12(13)20)27-17(25)10-3-6-14(28-18(21)22)15(7-10)26-2/h3-9,18H,1-2H3,(H,23,24)/t9-/m1/s1. The Hall–Kier alpha value is -3.30. The molecular weight excluding hydrogens is 386 g/mol. The van der Waals surface area contributed by atoms with Gasteiger partial charge in [-0.05, 0) is 37.3 Å². The highest BCUT2D eigenvalue weighted by Gasteiger charge is 2.22. The quantitative estimate of drug-likeness (QED) is 0.565. The zero-order valence-corrected chi connectivity index (χ0v) is 14.7. The van der Waals surface area contributed by atoms with E-state index in [9.17, 15) is 27.2 Å². The van der Waals surface area contributed by atoms with Crippen LogP contribution in [0.1, 0.15) is 17.3 Å². The first-order chi connectivity index (χ1) is 13.2. The van der Waals surface area contributed by atoms with Gasteiger partial charge in [-0.2, -0.15) is 8.78 Å². The van der Waals surface area contributed by atoms with E-state index in [-0.39, 0.29) is 17.1 Å². The van der Waals surface area contributed by atoms with E-state index in [2.05, 4.69) is 10.1 Å². The first kappa shape index (κ1) is 21.0. The highest BCUT2D eigenvalue weighted by Crippen LogP contribution is 2.29. The number of hydrogen-bond acceptors (Lipinski definition) is 5. The summed E-state index contributed by atoms with van der Waals surface area (Å²) in [4.78, 5) is 24.2. The molecule has 0 radical (unpaired) electrons. The van der Waals surface area contributed by atoms with Crippen LogP contribution in [0.15, 0.2) is 36.4 Å². The lowest BCUT2D eigenvalue weighted by Gasteiger charge is -2.15. The van der Waals surface area contributed by atoms with E-state index < -0.39 is 41.9 Å². The average Bonchev–Trinajstić information content (AvgIpc) is 2.64. The van der Waals surface area contributed by atoms with Crippen molar-refractivity contribution >= 4 is 17.6 Å². The van der Waals surface area contributed by atoms with Gasteiger partial charge in [-0.1, -0.05) is 0 Å². The molecule has 0 spiro atoms. The summed E-state index contributed by atoms with van der Waals surface area (Å²) in [6.45, 7) is -1.87. The van der Waals surface area contributed by atoms with E-state index in [0.29, 0.717) is 0 Å². The zero-order valence-electron chi connectivity index (χ0n) is 14.7. The van der Waals surface area contributed by atoms with Crippen molar-refractivity contribution in [2.75, 3.05) is 12.4 Å². The number of ether oxygens (including phenoxy) is 3. The molecule has 0 saturated heterocycles. The van der Waals surface area contributed by atoms with E-state index in [1.807, 2.05) is 0 Å². The van der Waals surface area contributed by atoms with Crippen molar-refractivity contribution in [1.82, 2.24) is 0 Å². The Morgan fingerprint density at radius 1 is 1.04 bits per heavy atom. The molecule has 1 atom stereocenters. The first-order valence-electron chi connectivity index (χ1n) is 7.81. The number of hydrogen-bond donors (Lipinski definition) is 1. The van der Waals surface area contributed by atoms with Crippen molar-refractivity contribution in [2.45, 2.75) is 19.6 Å². The summed E-state index contributed by atoms with van der Waals surface area (Å²) in [5.41, 5.74) is -0.516. The minimum atomic E-state index is -3.08. The summed E-state index contributed by atoms with van der Waals surface area (Å²) in [5, 5.41) is 2.10. The van der Waals surface area contributed by atoms with Crippen LogP contribution in [0.25, 0.3) is 0 Å². The van der Waals surface area contributed by atoms with Crippen molar-refractivity contribution in [3.8, 4) is 11.5 Å². The third-order valence-electron chi connectivity index (χ3n) is 3.45. The van der Waals surface area contributed by atoms with Crippen LogP contribution in [0.4, 0.5) is 23.2 Å². The smallest absolute Gasteiger partial charge is 0.387 e. The van der Waals surface area contributed by atoms with Crippen molar-refractivity contribution in [3.05, 3.63) is 53.6 Å². The second kappa shape index (κ2) is 9.07. The van der Waals surface area contributed by atoms with E-state index in [4.69, 9.17) is 9.47 Å². The Labute approximate surface area is 157 Å². The number of amides is 1. The Kier molecular flexibility index (Phi) is 6.80. The fourth-order valence-electron chi connectivity index (χ4n) is 2.10. The summed E-state index contributed by atoms with van der Waals surface area (Å²) < 4.78 is 65.4. The molecule has 2 aromatic carbocycles. The molecule has 1 N–H and O–H groups in total. The molecule has 0 aliphatic carbocycles. The lowest BCUT2D eigenvalue weighted by Crippen LogP contribution is -2.30. The number of carbonyl (C=O) groups excluding carboxylic acids is 2. The maximum atomic E-state index is 13.6. The molecule has 2 aromatic rings. The van der Waals surface area contributed by atoms with Crippen molar-refractivity contribution in [3.63, 3.8) is 0 Å². The van der Waals surface area contributed by atoms with Gasteiger partial charge < -0.3 is 19.5 Å². The Bertz CT molecular complexity index is 875. The molecular formula is C18H15F4NO5. The number of rotatable bonds is 7. The maximum Gasteiger partial charge on any atom is 0.387 e. The lowest BCUT2D eigenvalue weighted by atomic mass is 10.2. The van der Waals surface area contributed by atoms with Gasteiger partial charge in [-0.3, -0.25) is 4.79 Å². The van der Waals surface area contributed by atoms with Gasteiger partial charge in [-0.15, -0.1) is 0 Å². The molecule has 10 heteroatoms. The van der Waals surface area contributed by atoms with Gasteiger partial charge in [0.2, 0.25) is 0 Å². The molecule has 0 saturated carbocycles. The first-order valence-corrected chi connectivity index (χ1v) is 7.81. The van der Waals surface area contributed by atoms with Gasteiger partial charge >= 0.3 is 12.6 Å². The second-order valence-electron chi connectivity index (χ2n) is 5.41. The van der Waals surface area contributed by atoms with Crippen LogP contribution < -0.4 is 14.8 Å². The predicted octanol–water partition coefficient (Wildman–Crippen LogP) is 3.76. The summed E-state index contributed by atoms with van der Waals surface area (Å²) in [6.07, 6.45) is -1.36. The molecule has 150 valence electrons. The van der Waals surface area contributed by atoms with E-state index in [1.54, 1.807) is 0 Å². The van der Waals surface area contributed by atoms with Crippen LogP contribution in [-0.4, -0.2) is 31.7 Å². The van der Waals surface area contributed by atoms with Crippen LogP contribution in [0.5, 0.6) is 11.5 Å².